The van der Waals surface area contributed by atoms with E-state index in [4.69, 9.17) is 4.74 Å². The van der Waals surface area contributed by atoms with Crippen molar-refractivity contribution >= 4 is 5.69 Å². The Balaban J connectivity index is 1.51. The summed E-state index contributed by atoms with van der Waals surface area (Å²) in [5, 5.41) is 0. The van der Waals surface area contributed by atoms with Crippen molar-refractivity contribution in [1.82, 2.24) is 0 Å². The van der Waals surface area contributed by atoms with Crippen LogP contribution in [-0.2, 0) is 4.74 Å². The highest BCUT2D eigenvalue weighted by Gasteiger charge is 2.26. The van der Waals surface area contributed by atoms with Gasteiger partial charge in [0.25, 0.3) is 0 Å². The van der Waals surface area contributed by atoms with Crippen LogP contribution in [0.1, 0.15) is 24.8 Å². The van der Waals surface area contributed by atoms with Gasteiger partial charge in [0.2, 0.25) is 0 Å². The molecule has 0 radical (unpaired) electrons. The third-order valence-corrected chi connectivity index (χ3v) is 4.39. The zero-order valence-corrected chi connectivity index (χ0v) is 11.3. The first kappa shape index (κ1) is 12.0. The van der Waals surface area contributed by atoms with Crippen LogP contribution < -0.4 is 4.90 Å². The number of hydrogen-bond donors (Lipinski definition) is 0. The fourth-order valence-corrected chi connectivity index (χ4v) is 3.07. The molecule has 0 atom stereocenters. The van der Waals surface area contributed by atoms with Gasteiger partial charge in [-0.05, 0) is 44.2 Å². The zero-order valence-electron chi connectivity index (χ0n) is 11.3. The van der Waals surface area contributed by atoms with Crippen molar-refractivity contribution in [2.45, 2.75) is 26.2 Å². The highest BCUT2D eigenvalue weighted by Crippen LogP contribution is 2.29. The highest BCUT2D eigenvalue weighted by atomic mass is 16.5. The molecule has 18 heavy (non-hydrogen) atoms. The summed E-state index contributed by atoms with van der Waals surface area (Å²) in [6, 6.07) is 8.95. The van der Waals surface area contributed by atoms with E-state index in [0.29, 0.717) is 0 Å². The lowest BCUT2D eigenvalue weighted by Gasteiger charge is -2.36. The Labute approximate surface area is 110 Å². The number of anilines is 1. The highest BCUT2D eigenvalue weighted by molar-refractivity contribution is 5.47. The fraction of sp³-hybridized carbons (Fsp3) is 0.625. The van der Waals surface area contributed by atoms with Crippen LogP contribution in [0.3, 0.4) is 0 Å². The first-order valence-electron chi connectivity index (χ1n) is 7.20. The first-order valence-corrected chi connectivity index (χ1v) is 7.20. The second kappa shape index (κ2) is 5.31. The van der Waals surface area contributed by atoms with Crippen molar-refractivity contribution in [1.29, 1.82) is 0 Å². The molecule has 2 heteroatoms. The smallest absolute Gasteiger partial charge is 0.0516 e. The fourth-order valence-electron chi connectivity index (χ4n) is 3.07. The molecule has 0 unspecified atom stereocenters. The Morgan fingerprint density at radius 2 is 1.72 bits per heavy atom. The molecular formula is C16H23NO. The summed E-state index contributed by atoms with van der Waals surface area (Å²) < 4.78 is 5.27. The van der Waals surface area contributed by atoms with Crippen LogP contribution in [0.25, 0.3) is 0 Å². The maximum atomic E-state index is 5.27. The lowest BCUT2D eigenvalue weighted by Crippen LogP contribution is -2.36. The predicted molar refractivity (Wildman–Crippen MR) is 75.0 cm³/mol. The van der Waals surface area contributed by atoms with E-state index in [1.807, 2.05) is 0 Å². The maximum absolute atomic E-state index is 5.27. The molecule has 0 N–H and O–H groups in total. The summed E-state index contributed by atoms with van der Waals surface area (Å²) in [6.45, 7) is 6.62. The standard InChI is InChI=1S/C16H23NO/c1-13-2-4-16(5-3-13)17-8-6-14(7-9-17)10-15-11-18-12-15/h2-5,14-15H,6-12H2,1H3. The molecule has 2 saturated heterocycles. The average molecular weight is 245 g/mol. The molecule has 0 bridgehead atoms. The van der Waals surface area contributed by atoms with Crippen LogP contribution in [0.15, 0.2) is 24.3 Å². The van der Waals surface area contributed by atoms with Crippen LogP contribution in [0.5, 0.6) is 0 Å². The Morgan fingerprint density at radius 1 is 1.06 bits per heavy atom. The van der Waals surface area contributed by atoms with Crippen molar-refractivity contribution < 1.29 is 4.74 Å². The minimum absolute atomic E-state index is 0.862. The van der Waals surface area contributed by atoms with Gasteiger partial charge >= 0.3 is 0 Å². The molecule has 3 rings (SSSR count). The van der Waals surface area contributed by atoms with E-state index in [2.05, 4.69) is 36.1 Å². The van der Waals surface area contributed by atoms with E-state index in [1.54, 1.807) is 0 Å². The predicted octanol–water partition coefficient (Wildman–Crippen LogP) is 3.25. The van der Waals surface area contributed by atoms with Crippen molar-refractivity contribution in [3.05, 3.63) is 29.8 Å². The Morgan fingerprint density at radius 3 is 2.28 bits per heavy atom. The largest absolute Gasteiger partial charge is 0.381 e. The Kier molecular flexibility index (Phi) is 3.55. The number of hydrogen-bond acceptors (Lipinski definition) is 2. The summed E-state index contributed by atoms with van der Waals surface area (Å²) in [5.41, 5.74) is 2.74. The molecule has 2 aliphatic heterocycles. The summed E-state index contributed by atoms with van der Waals surface area (Å²) in [7, 11) is 0. The van der Waals surface area contributed by atoms with Gasteiger partial charge in [-0.25, -0.2) is 0 Å². The van der Waals surface area contributed by atoms with E-state index >= 15 is 0 Å². The van der Waals surface area contributed by atoms with Crippen molar-refractivity contribution in [3.8, 4) is 0 Å². The van der Waals surface area contributed by atoms with Crippen LogP contribution in [0.2, 0.25) is 0 Å². The number of benzene rings is 1. The van der Waals surface area contributed by atoms with Gasteiger partial charge in [-0.2, -0.15) is 0 Å². The molecule has 98 valence electrons. The molecule has 2 fully saturated rings. The minimum atomic E-state index is 0.862. The van der Waals surface area contributed by atoms with Crippen LogP contribution in [0.4, 0.5) is 5.69 Å². The van der Waals surface area contributed by atoms with Gasteiger partial charge in [0.15, 0.2) is 0 Å². The van der Waals surface area contributed by atoms with Gasteiger partial charge in [0.1, 0.15) is 0 Å². The molecule has 0 aliphatic carbocycles. The van der Waals surface area contributed by atoms with Gasteiger partial charge in [0, 0.05) is 24.7 Å². The van der Waals surface area contributed by atoms with Crippen molar-refractivity contribution in [2.75, 3.05) is 31.2 Å². The molecule has 1 aromatic rings. The lowest BCUT2D eigenvalue weighted by atomic mass is 9.86. The second-order valence-corrected chi connectivity index (χ2v) is 5.91. The van der Waals surface area contributed by atoms with Gasteiger partial charge in [-0.3, -0.25) is 0 Å². The van der Waals surface area contributed by atoms with E-state index in [0.717, 1.165) is 25.0 Å². The molecule has 0 spiro atoms. The number of rotatable bonds is 3. The molecule has 0 amide bonds. The third-order valence-electron chi connectivity index (χ3n) is 4.39. The lowest BCUT2D eigenvalue weighted by molar-refractivity contribution is -0.0438. The number of nitrogens with zero attached hydrogens (tertiary/aromatic N) is 1. The normalized spacial score (nSPS) is 21.9. The van der Waals surface area contributed by atoms with Gasteiger partial charge < -0.3 is 9.64 Å². The number of piperidine rings is 1. The van der Waals surface area contributed by atoms with Crippen molar-refractivity contribution in [3.63, 3.8) is 0 Å². The molecule has 0 saturated carbocycles. The second-order valence-electron chi connectivity index (χ2n) is 5.91. The molecule has 1 aromatic carbocycles. The van der Waals surface area contributed by atoms with Gasteiger partial charge in [-0.15, -0.1) is 0 Å². The Bertz CT molecular complexity index is 375. The summed E-state index contributed by atoms with van der Waals surface area (Å²) in [5.74, 6) is 1.79. The molecule has 0 aromatic heterocycles. The van der Waals surface area contributed by atoms with E-state index < -0.39 is 0 Å². The molecule has 2 nitrogen and oxygen atoms in total. The van der Waals surface area contributed by atoms with Gasteiger partial charge in [0.05, 0.1) is 13.2 Å². The zero-order chi connectivity index (χ0) is 12.4. The van der Waals surface area contributed by atoms with Crippen molar-refractivity contribution in [2.24, 2.45) is 11.8 Å². The van der Waals surface area contributed by atoms with Crippen LogP contribution in [0, 0.1) is 18.8 Å². The summed E-state index contributed by atoms with van der Waals surface area (Å²) >= 11 is 0. The van der Waals surface area contributed by atoms with E-state index in [1.165, 1.54) is 43.6 Å². The average Bonchev–Trinajstić information content (AvgIpc) is 2.36. The SMILES string of the molecule is Cc1ccc(N2CCC(CC3COC3)CC2)cc1. The van der Waals surface area contributed by atoms with E-state index in [-0.39, 0.29) is 0 Å². The number of aryl methyl sites for hydroxylation is 1. The van der Waals surface area contributed by atoms with E-state index in [9.17, 15) is 0 Å². The Hall–Kier alpha value is -1.02. The minimum Gasteiger partial charge on any atom is -0.381 e. The molecule has 2 heterocycles. The molecular weight excluding hydrogens is 222 g/mol. The third kappa shape index (κ3) is 2.69. The first-order chi connectivity index (χ1) is 8.81. The maximum Gasteiger partial charge on any atom is 0.0516 e. The van der Waals surface area contributed by atoms with Crippen LogP contribution >= 0.6 is 0 Å². The number of ether oxygens (including phenoxy) is 1. The monoisotopic (exact) mass is 245 g/mol. The van der Waals surface area contributed by atoms with Gasteiger partial charge in [-0.1, -0.05) is 17.7 Å². The quantitative estimate of drug-likeness (QED) is 0.810. The molecule has 2 aliphatic rings. The topological polar surface area (TPSA) is 12.5 Å². The summed E-state index contributed by atoms with van der Waals surface area (Å²) in [4.78, 5) is 2.53. The van der Waals surface area contributed by atoms with Crippen LogP contribution in [-0.4, -0.2) is 26.3 Å². The summed E-state index contributed by atoms with van der Waals surface area (Å²) in [6.07, 6.45) is 4.09.